The highest BCUT2D eigenvalue weighted by molar-refractivity contribution is 5.06. The lowest BCUT2D eigenvalue weighted by Gasteiger charge is -2.38. The molecule has 0 amide bonds. The van der Waals surface area contributed by atoms with Crippen molar-refractivity contribution in [2.24, 2.45) is 23.7 Å². The second-order valence-corrected chi connectivity index (χ2v) is 4.30. The van der Waals surface area contributed by atoms with Crippen LogP contribution in [-0.2, 0) is 0 Å². The molecule has 0 radical (unpaired) electrons. The maximum Gasteiger partial charge on any atom is 0.0602 e. The van der Waals surface area contributed by atoms with Gasteiger partial charge < -0.3 is 5.11 Å². The SMILES string of the molecule is OC1[C@H]2CC[C@H]2[C@@H]2CC[C@H]12. The Bertz CT molecular complexity index is 121. The van der Waals surface area contributed by atoms with Crippen LogP contribution in [0.15, 0.2) is 0 Å². The normalized spacial score (nSPS) is 63.9. The van der Waals surface area contributed by atoms with Gasteiger partial charge in [0.05, 0.1) is 6.10 Å². The molecule has 0 saturated heterocycles. The molecule has 10 heavy (non-hydrogen) atoms. The minimum Gasteiger partial charge on any atom is -0.393 e. The van der Waals surface area contributed by atoms with Crippen molar-refractivity contribution < 1.29 is 5.11 Å². The van der Waals surface area contributed by atoms with Crippen LogP contribution < -0.4 is 0 Å². The highest BCUT2D eigenvalue weighted by Gasteiger charge is 2.57. The van der Waals surface area contributed by atoms with Crippen LogP contribution in [0.4, 0.5) is 0 Å². The lowest BCUT2D eigenvalue weighted by Crippen LogP contribution is -2.29. The van der Waals surface area contributed by atoms with Crippen LogP contribution in [0.5, 0.6) is 0 Å². The maximum absolute atomic E-state index is 9.71. The first-order valence-corrected chi connectivity index (χ1v) is 4.56. The first-order chi connectivity index (χ1) is 4.88. The fraction of sp³-hybridized carbons (Fsp3) is 1.00. The third-order valence-corrected chi connectivity index (χ3v) is 4.19. The topological polar surface area (TPSA) is 20.2 Å². The third-order valence-electron chi connectivity index (χ3n) is 4.19. The molecule has 56 valence electrons. The lowest BCUT2D eigenvalue weighted by molar-refractivity contribution is 0.0411. The minimum atomic E-state index is 0.109. The number of aliphatic hydroxyl groups is 1. The lowest BCUT2D eigenvalue weighted by atomic mass is 9.67. The summed E-state index contributed by atoms with van der Waals surface area (Å²) in [6.45, 7) is 0. The first-order valence-electron chi connectivity index (χ1n) is 4.56. The molecule has 3 saturated carbocycles. The standard InChI is InChI=1S/C9H14O/c10-9-7-3-1-5(7)6-2-4-8(6)9/h5-10H,1-4H2/t5-,6-,7-,8-/m0/s1. The summed E-state index contributed by atoms with van der Waals surface area (Å²) in [6, 6.07) is 0. The van der Waals surface area contributed by atoms with Gasteiger partial charge in [0.1, 0.15) is 0 Å². The van der Waals surface area contributed by atoms with E-state index in [-0.39, 0.29) is 6.10 Å². The average molecular weight is 138 g/mol. The molecule has 1 N–H and O–H groups in total. The molecule has 3 fully saturated rings. The molecule has 4 atom stereocenters. The summed E-state index contributed by atoms with van der Waals surface area (Å²) in [6.07, 6.45) is 5.58. The highest BCUT2D eigenvalue weighted by Crippen LogP contribution is 2.60. The molecular weight excluding hydrogens is 124 g/mol. The van der Waals surface area contributed by atoms with Crippen molar-refractivity contribution in [2.45, 2.75) is 31.8 Å². The van der Waals surface area contributed by atoms with E-state index in [1.165, 1.54) is 25.7 Å². The van der Waals surface area contributed by atoms with Gasteiger partial charge >= 0.3 is 0 Å². The number of hydrogen-bond acceptors (Lipinski definition) is 1. The van der Waals surface area contributed by atoms with Gasteiger partial charge in [-0.1, -0.05) is 0 Å². The van der Waals surface area contributed by atoms with Gasteiger partial charge in [-0.25, -0.2) is 0 Å². The van der Waals surface area contributed by atoms with Crippen molar-refractivity contribution in [1.29, 1.82) is 0 Å². The van der Waals surface area contributed by atoms with Gasteiger partial charge in [0.2, 0.25) is 0 Å². The Kier molecular flexibility index (Phi) is 0.883. The fourth-order valence-corrected chi connectivity index (χ4v) is 3.33. The predicted octanol–water partition coefficient (Wildman–Crippen LogP) is 1.41. The van der Waals surface area contributed by atoms with Crippen molar-refractivity contribution in [1.82, 2.24) is 0 Å². The zero-order chi connectivity index (χ0) is 6.72. The molecule has 3 aliphatic carbocycles. The Balaban J connectivity index is 1.90. The summed E-state index contributed by atoms with van der Waals surface area (Å²) in [7, 11) is 0. The second kappa shape index (κ2) is 1.58. The number of rotatable bonds is 0. The quantitative estimate of drug-likeness (QED) is 0.536. The van der Waals surface area contributed by atoms with Crippen molar-refractivity contribution >= 4 is 0 Å². The van der Waals surface area contributed by atoms with Crippen LogP contribution in [0.3, 0.4) is 0 Å². The molecule has 3 aliphatic rings. The van der Waals surface area contributed by atoms with Crippen LogP contribution >= 0.6 is 0 Å². The van der Waals surface area contributed by atoms with Gasteiger partial charge in [-0.15, -0.1) is 0 Å². The molecule has 0 bridgehead atoms. The molecule has 0 aromatic carbocycles. The monoisotopic (exact) mass is 138 g/mol. The molecule has 0 aliphatic heterocycles. The molecule has 0 heterocycles. The van der Waals surface area contributed by atoms with E-state index in [1.54, 1.807) is 0 Å². The van der Waals surface area contributed by atoms with E-state index in [9.17, 15) is 5.11 Å². The van der Waals surface area contributed by atoms with Crippen molar-refractivity contribution in [3.8, 4) is 0 Å². The molecule has 0 unspecified atom stereocenters. The van der Waals surface area contributed by atoms with Crippen LogP contribution in [0, 0.1) is 23.7 Å². The maximum atomic E-state index is 9.71. The predicted molar refractivity (Wildman–Crippen MR) is 38.4 cm³/mol. The van der Waals surface area contributed by atoms with E-state index >= 15 is 0 Å². The first kappa shape index (κ1) is 5.59. The van der Waals surface area contributed by atoms with Gasteiger partial charge in [0.15, 0.2) is 0 Å². The smallest absolute Gasteiger partial charge is 0.0602 e. The van der Waals surface area contributed by atoms with Gasteiger partial charge in [-0.3, -0.25) is 0 Å². The Morgan fingerprint density at radius 3 is 1.30 bits per heavy atom. The minimum absolute atomic E-state index is 0.109. The molecule has 1 heteroatoms. The summed E-state index contributed by atoms with van der Waals surface area (Å²) < 4.78 is 0. The molecule has 0 spiro atoms. The van der Waals surface area contributed by atoms with Gasteiger partial charge in [-0.2, -0.15) is 0 Å². The summed E-state index contributed by atoms with van der Waals surface area (Å²) in [5.41, 5.74) is 0. The van der Waals surface area contributed by atoms with Crippen LogP contribution in [-0.4, -0.2) is 11.2 Å². The van der Waals surface area contributed by atoms with Gasteiger partial charge in [0.25, 0.3) is 0 Å². The molecule has 0 aromatic heterocycles. The summed E-state index contributed by atoms with van der Waals surface area (Å²) >= 11 is 0. The second-order valence-electron chi connectivity index (χ2n) is 4.30. The zero-order valence-corrected chi connectivity index (χ0v) is 6.16. The van der Waals surface area contributed by atoms with Crippen molar-refractivity contribution in [3.63, 3.8) is 0 Å². The molecule has 0 aromatic rings. The Labute approximate surface area is 61.4 Å². The summed E-state index contributed by atoms with van der Waals surface area (Å²) in [5, 5.41) is 9.71. The van der Waals surface area contributed by atoms with E-state index in [0.717, 1.165) is 23.7 Å². The van der Waals surface area contributed by atoms with Gasteiger partial charge in [0, 0.05) is 0 Å². The van der Waals surface area contributed by atoms with E-state index in [1.807, 2.05) is 0 Å². The zero-order valence-electron chi connectivity index (χ0n) is 6.16. The average Bonchev–Trinajstić information content (AvgIpc) is 1.84. The third kappa shape index (κ3) is 0.430. The van der Waals surface area contributed by atoms with Gasteiger partial charge in [-0.05, 0) is 49.4 Å². The van der Waals surface area contributed by atoms with Crippen LogP contribution in [0.1, 0.15) is 25.7 Å². The van der Waals surface area contributed by atoms with Crippen LogP contribution in [0.2, 0.25) is 0 Å². The highest BCUT2D eigenvalue weighted by atomic mass is 16.3. The Morgan fingerprint density at radius 2 is 1.10 bits per heavy atom. The Hall–Kier alpha value is -0.0400. The molecule has 3 rings (SSSR count). The summed E-state index contributed by atoms with van der Waals surface area (Å²) in [4.78, 5) is 0. The van der Waals surface area contributed by atoms with E-state index < -0.39 is 0 Å². The number of aliphatic hydroxyl groups excluding tert-OH is 1. The number of fused-ring (bicyclic) bond motifs is 3. The number of hydrogen-bond donors (Lipinski definition) is 1. The largest absolute Gasteiger partial charge is 0.393 e. The fourth-order valence-electron chi connectivity index (χ4n) is 3.33. The van der Waals surface area contributed by atoms with E-state index in [4.69, 9.17) is 0 Å². The van der Waals surface area contributed by atoms with Crippen molar-refractivity contribution in [3.05, 3.63) is 0 Å². The summed E-state index contributed by atoms with van der Waals surface area (Å²) in [5.74, 6) is 3.37. The van der Waals surface area contributed by atoms with Crippen molar-refractivity contribution in [2.75, 3.05) is 0 Å². The van der Waals surface area contributed by atoms with E-state index in [0.29, 0.717) is 0 Å². The van der Waals surface area contributed by atoms with Crippen LogP contribution in [0.25, 0.3) is 0 Å². The molecular formula is C9H14O. The Morgan fingerprint density at radius 1 is 0.700 bits per heavy atom. The van der Waals surface area contributed by atoms with E-state index in [2.05, 4.69) is 0 Å². The molecule has 1 nitrogen and oxygen atoms in total.